The average molecular weight is 462 g/mol. The van der Waals surface area contributed by atoms with Gasteiger partial charge in [-0.05, 0) is 58.3 Å². The highest BCUT2D eigenvalue weighted by Crippen LogP contribution is 2.25. The molecule has 0 bridgehead atoms. The van der Waals surface area contributed by atoms with Crippen molar-refractivity contribution in [2.24, 2.45) is 11.1 Å². The Bertz CT molecular complexity index is 787. The van der Waals surface area contributed by atoms with E-state index in [0.717, 1.165) is 10.1 Å². The minimum absolute atomic E-state index is 0.487. The van der Waals surface area contributed by atoms with E-state index in [9.17, 15) is 15.0 Å². The SMILES string of the molecule is CC#C/C=C\C=C\C[C@@H](O)/C(Br)=C(C)/C=C/C=C\C=C(\C)[C@H](O)C(C)(C)C(N)=O. The summed E-state index contributed by atoms with van der Waals surface area (Å²) in [4.78, 5) is 11.4. The third-order valence-electron chi connectivity index (χ3n) is 4.28. The minimum atomic E-state index is -1.03. The van der Waals surface area contributed by atoms with Crippen LogP contribution in [0.15, 0.2) is 70.3 Å². The van der Waals surface area contributed by atoms with E-state index in [1.807, 2.05) is 43.4 Å². The molecule has 0 radical (unpaired) electrons. The minimum Gasteiger partial charge on any atom is -0.388 e. The molecule has 0 heterocycles. The van der Waals surface area contributed by atoms with Gasteiger partial charge in [-0.3, -0.25) is 4.79 Å². The maximum absolute atomic E-state index is 11.4. The highest BCUT2D eigenvalue weighted by Gasteiger charge is 2.34. The Kier molecular flexibility index (Phi) is 12.9. The van der Waals surface area contributed by atoms with Crippen LogP contribution in [0, 0.1) is 17.3 Å². The van der Waals surface area contributed by atoms with Crippen molar-refractivity contribution >= 4 is 21.8 Å². The van der Waals surface area contributed by atoms with Gasteiger partial charge >= 0.3 is 0 Å². The molecule has 0 aliphatic carbocycles. The van der Waals surface area contributed by atoms with Crippen LogP contribution in [0.25, 0.3) is 0 Å². The molecule has 2 atom stereocenters. The quantitative estimate of drug-likeness (QED) is 0.331. The predicted molar refractivity (Wildman–Crippen MR) is 125 cm³/mol. The first-order valence-electron chi connectivity index (χ1n) is 9.33. The Morgan fingerprint density at radius 2 is 1.79 bits per heavy atom. The molecule has 0 aliphatic rings. The lowest BCUT2D eigenvalue weighted by Crippen LogP contribution is -2.42. The molecule has 1 amide bonds. The first-order chi connectivity index (χ1) is 13.6. The zero-order valence-corrected chi connectivity index (χ0v) is 19.4. The fourth-order valence-corrected chi connectivity index (χ4v) is 2.50. The van der Waals surface area contributed by atoms with Crippen LogP contribution in [-0.2, 0) is 4.79 Å². The molecule has 0 aromatic carbocycles. The van der Waals surface area contributed by atoms with Gasteiger partial charge in [0.2, 0.25) is 5.91 Å². The first-order valence-corrected chi connectivity index (χ1v) is 10.1. The van der Waals surface area contributed by atoms with Crippen molar-refractivity contribution in [3.63, 3.8) is 0 Å². The number of aliphatic hydroxyl groups is 2. The fourth-order valence-electron chi connectivity index (χ4n) is 2.19. The number of amides is 1. The Balaban J connectivity index is 4.87. The van der Waals surface area contributed by atoms with Crippen LogP contribution in [0.5, 0.6) is 0 Å². The van der Waals surface area contributed by atoms with Gasteiger partial charge in [0.15, 0.2) is 0 Å². The molecule has 0 spiro atoms. The monoisotopic (exact) mass is 461 g/mol. The van der Waals surface area contributed by atoms with Crippen LogP contribution < -0.4 is 5.73 Å². The predicted octanol–water partition coefficient (Wildman–Crippen LogP) is 4.47. The second-order valence-electron chi connectivity index (χ2n) is 7.11. The molecule has 4 N–H and O–H groups in total. The van der Waals surface area contributed by atoms with Crippen molar-refractivity contribution in [2.45, 2.75) is 53.2 Å². The van der Waals surface area contributed by atoms with Crippen LogP contribution in [-0.4, -0.2) is 28.3 Å². The van der Waals surface area contributed by atoms with Crippen molar-refractivity contribution < 1.29 is 15.0 Å². The molecule has 0 saturated carbocycles. The molecule has 158 valence electrons. The zero-order valence-electron chi connectivity index (χ0n) is 17.8. The summed E-state index contributed by atoms with van der Waals surface area (Å²) in [6.45, 7) is 8.65. The molecular weight excluding hydrogens is 430 g/mol. The number of carbonyl (C=O) groups excluding carboxylic acids is 1. The van der Waals surface area contributed by atoms with Crippen LogP contribution >= 0.6 is 15.9 Å². The first kappa shape index (κ1) is 26.9. The molecule has 0 unspecified atom stereocenters. The fraction of sp³-hybridized carbons (Fsp3) is 0.375. The summed E-state index contributed by atoms with van der Waals surface area (Å²) in [6.07, 6.45) is 15.3. The van der Waals surface area contributed by atoms with Crippen molar-refractivity contribution in [1.29, 1.82) is 0 Å². The maximum atomic E-state index is 11.4. The van der Waals surface area contributed by atoms with Crippen LogP contribution in [0.2, 0.25) is 0 Å². The van der Waals surface area contributed by atoms with Gasteiger partial charge in [0.25, 0.3) is 0 Å². The van der Waals surface area contributed by atoms with Crippen LogP contribution in [0.1, 0.15) is 41.0 Å². The van der Waals surface area contributed by atoms with E-state index < -0.39 is 23.5 Å². The van der Waals surface area contributed by atoms with Gasteiger partial charge in [0.1, 0.15) is 0 Å². The summed E-state index contributed by atoms with van der Waals surface area (Å²) >= 11 is 3.44. The van der Waals surface area contributed by atoms with Gasteiger partial charge in [-0.2, -0.15) is 0 Å². The average Bonchev–Trinajstić information content (AvgIpc) is 2.68. The lowest BCUT2D eigenvalue weighted by atomic mass is 9.82. The number of carbonyl (C=O) groups is 1. The Morgan fingerprint density at radius 1 is 1.14 bits per heavy atom. The van der Waals surface area contributed by atoms with Crippen molar-refractivity contribution in [1.82, 2.24) is 0 Å². The van der Waals surface area contributed by atoms with Gasteiger partial charge in [0.05, 0.1) is 17.6 Å². The van der Waals surface area contributed by atoms with Gasteiger partial charge in [-0.25, -0.2) is 0 Å². The molecule has 0 aromatic rings. The Morgan fingerprint density at radius 3 is 2.38 bits per heavy atom. The van der Waals surface area contributed by atoms with Gasteiger partial charge in [-0.1, -0.05) is 70.5 Å². The topological polar surface area (TPSA) is 83.6 Å². The molecule has 0 fully saturated rings. The lowest BCUT2D eigenvalue weighted by Gasteiger charge is -2.27. The van der Waals surface area contributed by atoms with E-state index in [2.05, 4.69) is 27.8 Å². The molecule has 4 nitrogen and oxygen atoms in total. The van der Waals surface area contributed by atoms with Crippen LogP contribution in [0.3, 0.4) is 0 Å². The van der Waals surface area contributed by atoms with Gasteiger partial charge in [-0.15, -0.1) is 5.92 Å². The number of primary amides is 1. The summed E-state index contributed by atoms with van der Waals surface area (Å²) in [5.41, 5.74) is 5.85. The van der Waals surface area contributed by atoms with Crippen molar-refractivity contribution in [2.75, 3.05) is 0 Å². The highest BCUT2D eigenvalue weighted by atomic mass is 79.9. The van der Waals surface area contributed by atoms with E-state index in [1.165, 1.54) is 0 Å². The molecule has 0 aliphatic heterocycles. The lowest BCUT2D eigenvalue weighted by molar-refractivity contribution is -0.130. The number of hydrogen-bond acceptors (Lipinski definition) is 3. The molecule has 0 saturated heterocycles. The molecular formula is C24H32BrNO3. The van der Waals surface area contributed by atoms with Crippen LogP contribution in [0.4, 0.5) is 0 Å². The third-order valence-corrected chi connectivity index (χ3v) is 5.43. The van der Waals surface area contributed by atoms with E-state index in [0.29, 0.717) is 12.0 Å². The summed E-state index contributed by atoms with van der Waals surface area (Å²) in [5, 5.41) is 20.5. The van der Waals surface area contributed by atoms with Gasteiger partial charge in [0, 0.05) is 4.48 Å². The molecule has 5 heteroatoms. The van der Waals surface area contributed by atoms with Crippen molar-refractivity contribution in [3.8, 4) is 11.8 Å². The summed E-state index contributed by atoms with van der Waals surface area (Å²) in [6, 6.07) is 0. The second kappa shape index (κ2) is 13.9. The maximum Gasteiger partial charge on any atom is 0.226 e. The number of hydrogen-bond donors (Lipinski definition) is 3. The van der Waals surface area contributed by atoms with E-state index >= 15 is 0 Å². The van der Waals surface area contributed by atoms with E-state index in [1.54, 1.807) is 45.9 Å². The second-order valence-corrected chi connectivity index (χ2v) is 7.96. The number of halogens is 1. The highest BCUT2D eigenvalue weighted by molar-refractivity contribution is 9.11. The number of aliphatic hydroxyl groups excluding tert-OH is 2. The largest absolute Gasteiger partial charge is 0.388 e. The standard InChI is InChI=1S/C24H32BrNO3/c1-6-7-8-9-10-14-17-20(27)21(25)18(2)15-12-11-13-16-19(3)22(28)24(4,5)23(26)29/h8-16,20,22,27-28H,17H2,1-5H3,(H2,26,29)/b9-8-,13-11-,14-10+,15-12+,19-16-,21-18-/t20-,22+/m1/s1. The third kappa shape index (κ3) is 10.3. The number of allylic oxidation sites excluding steroid dienone is 9. The number of rotatable bonds is 10. The summed E-state index contributed by atoms with van der Waals surface area (Å²) < 4.78 is 0.717. The smallest absolute Gasteiger partial charge is 0.226 e. The molecule has 0 rings (SSSR count). The number of nitrogens with two attached hydrogens (primary N) is 1. The normalized spacial score (nSPS) is 16.3. The van der Waals surface area contributed by atoms with E-state index in [4.69, 9.17) is 5.73 Å². The molecule has 29 heavy (non-hydrogen) atoms. The Labute approximate surface area is 183 Å². The van der Waals surface area contributed by atoms with Gasteiger partial charge < -0.3 is 15.9 Å². The molecule has 0 aromatic heterocycles. The summed E-state index contributed by atoms with van der Waals surface area (Å²) in [5.74, 6) is 5.04. The summed E-state index contributed by atoms with van der Waals surface area (Å²) in [7, 11) is 0. The van der Waals surface area contributed by atoms with E-state index in [-0.39, 0.29) is 0 Å². The zero-order chi connectivity index (χ0) is 22.4. The Hall–Kier alpha value is -2.13. The van der Waals surface area contributed by atoms with Crippen molar-refractivity contribution in [3.05, 3.63) is 70.3 Å².